The summed E-state index contributed by atoms with van der Waals surface area (Å²) in [6, 6.07) is 5.53. The standard InChI is InChI=1S/C11H12N4O2S/c1-2-17-9(16)7-18-11-13-10(14-15-11)8-5-3-4-6-12-8/h3-6H,2,7H2,1H3,(H,13,14,15). The van der Waals surface area contributed by atoms with Crippen molar-refractivity contribution in [2.24, 2.45) is 0 Å². The van der Waals surface area contributed by atoms with E-state index < -0.39 is 0 Å². The van der Waals surface area contributed by atoms with E-state index in [1.165, 1.54) is 11.8 Å². The highest BCUT2D eigenvalue weighted by Crippen LogP contribution is 2.17. The van der Waals surface area contributed by atoms with Gasteiger partial charge in [-0.1, -0.05) is 17.8 Å². The predicted molar refractivity (Wildman–Crippen MR) is 67.0 cm³/mol. The first-order valence-electron chi connectivity index (χ1n) is 5.42. The molecule has 0 bridgehead atoms. The lowest BCUT2D eigenvalue weighted by Crippen LogP contribution is -2.06. The first-order chi connectivity index (χ1) is 8.79. The Balaban J connectivity index is 1.97. The average molecular weight is 264 g/mol. The molecule has 0 fully saturated rings. The molecule has 2 heterocycles. The molecule has 0 atom stereocenters. The van der Waals surface area contributed by atoms with Crippen molar-refractivity contribution in [1.82, 2.24) is 20.2 Å². The number of pyridine rings is 1. The number of thioether (sulfide) groups is 1. The number of aromatic amines is 1. The van der Waals surface area contributed by atoms with E-state index in [2.05, 4.69) is 20.2 Å². The summed E-state index contributed by atoms with van der Waals surface area (Å²) in [5.41, 5.74) is 0.716. The van der Waals surface area contributed by atoms with Gasteiger partial charge in [0.15, 0.2) is 5.82 Å². The van der Waals surface area contributed by atoms with E-state index in [9.17, 15) is 4.79 Å². The van der Waals surface area contributed by atoms with Gasteiger partial charge in [-0.15, -0.1) is 5.10 Å². The number of ether oxygens (including phenoxy) is 1. The summed E-state index contributed by atoms with van der Waals surface area (Å²) in [6.45, 7) is 2.15. The van der Waals surface area contributed by atoms with Gasteiger partial charge in [0.2, 0.25) is 5.16 Å². The molecule has 0 aromatic carbocycles. The maximum atomic E-state index is 11.2. The minimum absolute atomic E-state index is 0.202. The lowest BCUT2D eigenvalue weighted by molar-refractivity contribution is -0.139. The molecule has 0 aliphatic rings. The summed E-state index contributed by atoms with van der Waals surface area (Å²) in [7, 11) is 0. The fourth-order valence-electron chi connectivity index (χ4n) is 1.25. The van der Waals surface area contributed by atoms with Gasteiger partial charge in [-0.25, -0.2) is 0 Å². The van der Waals surface area contributed by atoms with Crippen molar-refractivity contribution in [1.29, 1.82) is 0 Å². The molecule has 7 heteroatoms. The van der Waals surface area contributed by atoms with Crippen LogP contribution in [0.5, 0.6) is 0 Å². The lowest BCUT2D eigenvalue weighted by Gasteiger charge is -1.97. The van der Waals surface area contributed by atoms with Crippen LogP contribution < -0.4 is 0 Å². The van der Waals surface area contributed by atoms with Gasteiger partial charge in [0.25, 0.3) is 0 Å². The highest BCUT2D eigenvalue weighted by Gasteiger charge is 2.09. The molecule has 0 saturated carbocycles. The van der Waals surface area contributed by atoms with Crippen molar-refractivity contribution in [2.45, 2.75) is 12.1 Å². The van der Waals surface area contributed by atoms with Crippen LogP contribution in [-0.2, 0) is 9.53 Å². The second-order valence-corrected chi connectivity index (χ2v) is 4.22. The van der Waals surface area contributed by atoms with Gasteiger partial charge in [0, 0.05) is 6.20 Å². The van der Waals surface area contributed by atoms with Crippen molar-refractivity contribution >= 4 is 17.7 Å². The molecule has 0 aliphatic carbocycles. The SMILES string of the molecule is CCOC(=O)CSc1n[nH]c(-c2ccccn2)n1. The number of rotatable bonds is 5. The van der Waals surface area contributed by atoms with Gasteiger partial charge in [-0.2, -0.15) is 4.98 Å². The lowest BCUT2D eigenvalue weighted by atomic mass is 10.3. The van der Waals surface area contributed by atoms with E-state index in [0.717, 1.165) is 0 Å². The summed E-state index contributed by atoms with van der Waals surface area (Å²) in [6.07, 6.45) is 1.68. The topological polar surface area (TPSA) is 80.8 Å². The van der Waals surface area contributed by atoms with Gasteiger partial charge in [0.05, 0.1) is 12.4 Å². The van der Waals surface area contributed by atoms with Crippen LogP contribution in [0.2, 0.25) is 0 Å². The normalized spacial score (nSPS) is 10.3. The van der Waals surface area contributed by atoms with Gasteiger partial charge in [-0.05, 0) is 19.1 Å². The van der Waals surface area contributed by atoms with E-state index in [0.29, 0.717) is 23.3 Å². The average Bonchev–Trinajstić information content (AvgIpc) is 2.87. The van der Waals surface area contributed by atoms with Crippen LogP contribution in [0.3, 0.4) is 0 Å². The molecule has 94 valence electrons. The molecule has 0 unspecified atom stereocenters. The van der Waals surface area contributed by atoms with E-state index in [1.807, 2.05) is 18.2 Å². The zero-order chi connectivity index (χ0) is 12.8. The first kappa shape index (κ1) is 12.6. The van der Waals surface area contributed by atoms with Crippen LogP contribution in [0.25, 0.3) is 11.5 Å². The Kier molecular flexibility index (Phi) is 4.30. The van der Waals surface area contributed by atoms with Gasteiger partial charge >= 0.3 is 5.97 Å². The van der Waals surface area contributed by atoms with Crippen LogP contribution in [0.4, 0.5) is 0 Å². The molecular weight excluding hydrogens is 252 g/mol. The van der Waals surface area contributed by atoms with Crippen molar-refractivity contribution in [2.75, 3.05) is 12.4 Å². The van der Waals surface area contributed by atoms with Crippen molar-refractivity contribution in [3.63, 3.8) is 0 Å². The van der Waals surface area contributed by atoms with Crippen LogP contribution in [0, 0.1) is 0 Å². The quantitative estimate of drug-likeness (QED) is 0.651. The molecule has 0 saturated heterocycles. The van der Waals surface area contributed by atoms with Crippen LogP contribution in [0.1, 0.15) is 6.92 Å². The summed E-state index contributed by atoms with van der Waals surface area (Å²) in [4.78, 5) is 19.6. The zero-order valence-corrected chi connectivity index (χ0v) is 10.6. The number of esters is 1. The highest BCUT2D eigenvalue weighted by atomic mass is 32.2. The zero-order valence-electron chi connectivity index (χ0n) is 9.79. The minimum atomic E-state index is -0.272. The molecule has 18 heavy (non-hydrogen) atoms. The Morgan fingerprint density at radius 2 is 2.39 bits per heavy atom. The molecule has 1 N–H and O–H groups in total. The van der Waals surface area contributed by atoms with E-state index in [-0.39, 0.29) is 11.7 Å². The van der Waals surface area contributed by atoms with Crippen molar-refractivity contribution in [3.05, 3.63) is 24.4 Å². The maximum Gasteiger partial charge on any atom is 0.316 e. The Morgan fingerprint density at radius 3 is 3.11 bits per heavy atom. The fourth-order valence-corrected chi connectivity index (χ4v) is 1.85. The fraction of sp³-hybridized carbons (Fsp3) is 0.273. The number of aromatic nitrogens is 4. The number of hydrogen-bond acceptors (Lipinski definition) is 6. The monoisotopic (exact) mass is 264 g/mol. The third kappa shape index (κ3) is 3.30. The van der Waals surface area contributed by atoms with Crippen LogP contribution in [0.15, 0.2) is 29.6 Å². The molecule has 0 radical (unpaired) electrons. The number of carbonyl (C=O) groups is 1. The number of carbonyl (C=O) groups excluding carboxylic acids is 1. The molecule has 2 aromatic rings. The molecule has 2 rings (SSSR count). The number of hydrogen-bond donors (Lipinski definition) is 1. The third-order valence-electron chi connectivity index (χ3n) is 2.00. The number of H-pyrrole nitrogens is 1. The van der Waals surface area contributed by atoms with E-state index in [1.54, 1.807) is 13.1 Å². The summed E-state index contributed by atoms with van der Waals surface area (Å²) in [5, 5.41) is 7.29. The van der Waals surface area contributed by atoms with Crippen molar-refractivity contribution < 1.29 is 9.53 Å². The van der Waals surface area contributed by atoms with Crippen molar-refractivity contribution in [3.8, 4) is 11.5 Å². The van der Waals surface area contributed by atoms with Gasteiger partial charge < -0.3 is 4.74 Å². The molecular formula is C11H12N4O2S. The Labute approximate surface area is 108 Å². The molecule has 0 amide bonds. The smallest absolute Gasteiger partial charge is 0.316 e. The molecule has 0 spiro atoms. The summed E-state index contributed by atoms with van der Waals surface area (Å²) >= 11 is 1.23. The predicted octanol–water partition coefficient (Wildman–Crippen LogP) is 1.52. The molecule has 2 aromatic heterocycles. The van der Waals surface area contributed by atoms with Gasteiger partial charge in [0.1, 0.15) is 5.69 Å². The summed E-state index contributed by atoms with van der Waals surface area (Å²) in [5.74, 6) is 0.515. The number of nitrogens with one attached hydrogen (secondary N) is 1. The minimum Gasteiger partial charge on any atom is -0.465 e. The highest BCUT2D eigenvalue weighted by molar-refractivity contribution is 7.99. The first-order valence-corrected chi connectivity index (χ1v) is 6.40. The third-order valence-corrected chi connectivity index (χ3v) is 2.82. The molecule has 0 aliphatic heterocycles. The number of nitrogens with zero attached hydrogens (tertiary/aromatic N) is 3. The van der Waals surface area contributed by atoms with Crippen LogP contribution in [-0.4, -0.2) is 38.5 Å². The van der Waals surface area contributed by atoms with E-state index in [4.69, 9.17) is 4.74 Å². The summed E-state index contributed by atoms with van der Waals surface area (Å²) < 4.78 is 4.82. The van der Waals surface area contributed by atoms with E-state index >= 15 is 0 Å². The van der Waals surface area contributed by atoms with Crippen LogP contribution >= 0.6 is 11.8 Å². The Hall–Kier alpha value is -1.89. The second-order valence-electron chi connectivity index (χ2n) is 3.28. The largest absolute Gasteiger partial charge is 0.465 e. The van der Waals surface area contributed by atoms with Gasteiger partial charge in [-0.3, -0.25) is 14.9 Å². The Morgan fingerprint density at radius 1 is 1.50 bits per heavy atom. The maximum absolute atomic E-state index is 11.2. The Bertz CT molecular complexity index is 515. The molecule has 6 nitrogen and oxygen atoms in total. The second kappa shape index (κ2) is 6.15.